The molecule has 2 aromatic carbocycles. The first kappa shape index (κ1) is 14.4. The number of nitrogen functional groups attached to an aromatic ring is 1. The highest BCUT2D eigenvalue weighted by atomic mass is 35.5. The summed E-state index contributed by atoms with van der Waals surface area (Å²) in [5, 5.41) is 12.2. The highest BCUT2D eigenvalue weighted by molar-refractivity contribution is 6.34. The Morgan fingerprint density at radius 1 is 1.20 bits per heavy atom. The van der Waals surface area contributed by atoms with Crippen LogP contribution < -0.4 is 11.1 Å². The van der Waals surface area contributed by atoms with E-state index in [1.54, 1.807) is 18.2 Å². The van der Waals surface area contributed by atoms with E-state index in [-0.39, 0.29) is 12.5 Å². The number of carbonyl (C=O) groups excluding carboxylic acids is 1. The number of benzene rings is 2. The summed E-state index contributed by atoms with van der Waals surface area (Å²) in [4.78, 5) is 12.0. The molecule has 0 spiro atoms. The van der Waals surface area contributed by atoms with Crippen LogP contribution in [0.15, 0.2) is 42.5 Å². The van der Waals surface area contributed by atoms with Gasteiger partial charge in [0.2, 0.25) is 0 Å². The quantitative estimate of drug-likeness (QED) is 0.757. The van der Waals surface area contributed by atoms with Crippen LogP contribution >= 0.6 is 11.6 Å². The summed E-state index contributed by atoms with van der Waals surface area (Å²) < 4.78 is 0. The standard InChI is InChI=1S/C15H15ClN2O2/c16-14-5-4-12(17)7-13(14)15(20)18-8-10-2-1-3-11(6-10)9-19/h1-7,19H,8-9,17H2,(H,18,20). The van der Waals surface area contributed by atoms with Gasteiger partial charge in [0.15, 0.2) is 0 Å². The lowest BCUT2D eigenvalue weighted by molar-refractivity contribution is 0.0951. The summed E-state index contributed by atoms with van der Waals surface area (Å²) in [6.07, 6.45) is 0. The normalized spacial score (nSPS) is 10.3. The van der Waals surface area contributed by atoms with Crippen LogP contribution in [0.25, 0.3) is 0 Å². The lowest BCUT2D eigenvalue weighted by atomic mass is 10.1. The molecule has 0 aliphatic heterocycles. The number of hydrogen-bond acceptors (Lipinski definition) is 3. The van der Waals surface area contributed by atoms with E-state index in [4.69, 9.17) is 22.4 Å². The van der Waals surface area contributed by atoms with Crippen molar-refractivity contribution in [3.63, 3.8) is 0 Å². The van der Waals surface area contributed by atoms with Crippen molar-refractivity contribution in [3.8, 4) is 0 Å². The predicted molar refractivity (Wildman–Crippen MR) is 79.4 cm³/mol. The molecular formula is C15H15ClN2O2. The molecule has 0 radical (unpaired) electrons. The van der Waals surface area contributed by atoms with Crippen LogP contribution in [-0.2, 0) is 13.2 Å². The smallest absolute Gasteiger partial charge is 0.253 e. The maximum Gasteiger partial charge on any atom is 0.253 e. The summed E-state index contributed by atoms with van der Waals surface area (Å²) in [5.41, 5.74) is 8.20. The van der Waals surface area contributed by atoms with Crippen LogP contribution in [0.5, 0.6) is 0 Å². The number of nitrogens with two attached hydrogens (primary N) is 1. The zero-order valence-electron chi connectivity index (χ0n) is 10.8. The summed E-state index contributed by atoms with van der Waals surface area (Å²) in [6.45, 7) is 0.334. The van der Waals surface area contributed by atoms with Gasteiger partial charge in [0.05, 0.1) is 17.2 Å². The maximum atomic E-state index is 12.0. The van der Waals surface area contributed by atoms with E-state index < -0.39 is 0 Å². The number of nitrogens with one attached hydrogen (secondary N) is 1. The molecule has 0 atom stereocenters. The van der Waals surface area contributed by atoms with E-state index in [1.165, 1.54) is 0 Å². The van der Waals surface area contributed by atoms with Crippen LogP contribution in [-0.4, -0.2) is 11.0 Å². The van der Waals surface area contributed by atoms with Gasteiger partial charge in [-0.25, -0.2) is 0 Å². The van der Waals surface area contributed by atoms with E-state index in [1.807, 2.05) is 24.3 Å². The monoisotopic (exact) mass is 290 g/mol. The third-order valence-corrected chi connectivity index (χ3v) is 3.19. The number of halogens is 1. The average molecular weight is 291 g/mol. The number of amides is 1. The van der Waals surface area contributed by atoms with Crippen molar-refractivity contribution in [1.29, 1.82) is 0 Å². The Morgan fingerprint density at radius 2 is 1.95 bits per heavy atom. The fraction of sp³-hybridized carbons (Fsp3) is 0.133. The molecule has 4 nitrogen and oxygen atoms in total. The summed E-state index contributed by atoms with van der Waals surface area (Å²) in [5.74, 6) is -0.281. The van der Waals surface area contributed by atoms with Crippen LogP contribution in [0.3, 0.4) is 0 Å². The van der Waals surface area contributed by atoms with Gasteiger partial charge in [-0.2, -0.15) is 0 Å². The summed E-state index contributed by atoms with van der Waals surface area (Å²) >= 11 is 5.97. The number of aliphatic hydroxyl groups is 1. The SMILES string of the molecule is Nc1ccc(Cl)c(C(=O)NCc2cccc(CO)c2)c1. The van der Waals surface area contributed by atoms with Gasteiger partial charge >= 0.3 is 0 Å². The summed E-state index contributed by atoms with van der Waals surface area (Å²) in [6, 6.07) is 12.1. The van der Waals surface area contributed by atoms with Crippen molar-refractivity contribution in [2.24, 2.45) is 0 Å². The molecule has 20 heavy (non-hydrogen) atoms. The minimum absolute atomic E-state index is 0.0250. The topological polar surface area (TPSA) is 75.4 Å². The lowest BCUT2D eigenvalue weighted by Crippen LogP contribution is -2.23. The molecule has 4 N–H and O–H groups in total. The van der Waals surface area contributed by atoms with Gasteiger partial charge in [0.25, 0.3) is 5.91 Å². The third kappa shape index (κ3) is 3.50. The second-order valence-corrected chi connectivity index (χ2v) is 4.81. The molecule has 2 rings (SSSR count). The third-order valence-electron chi connectivity index (χ3n) is 2.86. The summed E-state index contributed by atoms with van der Waals surface area (Å²) in [7, 11) is 0. The number of anilines is 1. The van der Waals surface area contributed by atoms with Crippen molar-refractivity contribution in [3.05, 3.63) is 64.2 Å². The second-order valence-electron chi connectivity index (χ2n) is 4.40. The zero-order valence-corrected chi connectivity index (χ0v) is 11.5. The average Bonchev–Trinajstić information content (AvgIpc) is 2.47. The zero-order chi connectivity index (χ0) is 14.5. The second kappa shape index (κ2) is 6.41. The Labute approximate surface area is 122 Å². The van der Waals surface area contributed by atoms with Crippen molar-refractivity contribution in [2.75, 3.05) is 5.73 Å². The molecule has 0 fully saturated rings. The molecular weight excluding hydrogens is 276 g/mol. The molecule has 0 aliphatic rings. The molecule has 5 heteroatoms. The number of carbonyl (C=O) groups is 1. The first-order valence-electron chi connectivity index (χ1n) is 6.12. The number of hydrogen-bond donors (Lipinski definition) is 3. The Kier molecular flexibility index (Phi) is 4.61. The van der Waals surface area contributed by atoms with Gasteiger partial charge in [-0.05, 0) is 29.3 Å². The largest absolute Gasteiger partial charge is 0.399 e. The van der Waals surface area contributed by atoms with Gasteiger partial charge in [-0.1, -0.05) is 35.9 Å². The van der Waals surface area contributed by atoms with Gasteiger partial charge in [-0.3, -0.25) is 4.79 Å². The van der Waals surface area contributed by atoms with E-state index in [9.17, 15) is 4.79 Å². The Bertz CT molecular complexity index is 629. The molecule has 1 amide bonds. The van der Waals surface area contributed by atoms with Crippen LogP contribution in [0.2, 0.25) is 5.02 Å². The van der Waals surface area contributed by atoms with Gasteiger partial charge < -0.3 is 16.2 Å². The minimum atomic E-state index is -0.281. The fourth-order valence-corrected chi connectivity index (χ4v) is 2.04. The van der Waals surface area contributed by atoms with Gasteiger partial charge in [0.1, 0.15) is 0 Å². The van der Waals surface area contributed by atoms with Gasteiger partial charge in [0, 0.05) is 12.2 Å². The maximum absolute atomic E-state index is 12.0. The highest BCUT2D eigenvalue weighted by Crippen LogP contribution is 2.18. The highest BCUT2D eigenvalue weighted by Gasteiger charge is 2.10. The van der Waals surface area contributed by atoms with Crippen molar-refractivity contribution in [2.45, 2.75) is 13.2 Å². The lowest BCUT2D eigenvalue weighted by Gasteiger charge is -2.08. The Morgan fingerprint density at radius 3 is 2.70 bits per heavy atom. The first-order chi connectivity index (χ1) is 9.60. The molecule has 0 bridgehead atoms. The molecule has 2 aromatic rings. The van der Waals surface area contributed by atoms with Crippen molar-refractivity contribution in [1.82, 2.24) is 5.32 Å². The molecule has 0 unspecified atom stereocenters. The molecule has 0 heterocycles. The Balaban J connectivity index is 2.06. The predicted octanol–water partition coefficient (Wildman–Crippen LogP) is 2.34. The van der Waals surface area contributed by atoms with Crippen LogP contribution in [0.1, 0.15) is 21.5 Å². The van der Waals surface area contributed by atoms with Crippen LogP contribution in [0.4, 0.5) is 5.69 Å². The fourth-order valence-electron chi connectivity index (χ4n) is 1.83. The van der Waals surface area contributed by atoms with Crippen LogP contribution in [0, 0.1) is 0 Å². The van der Waals surface area contributed by atoms with E-state index in [0.29, 0.717) is 22.8 Å². The van der Waals surface area contributed by atoms with E-state index >= 15 is 0 Å². The molecule has 0 aliphatic carbocycles. The first-order valence-corrected chi connectivity index (χ1v) is 6.50. The molecule has 0 aromatic heterocycles. The minimum Gasteiger partial charge on any atom is -0.399 e. The number of aliphatic hydroxyl groups excluding tert-OH is 1. The molecule has 0 saturated carbocycles. The Hall–Kier alpha value is -2.04. The van der Waals surface area contributed by atoms with E-state index in [0.717, 1.165) is 11.1 Å². The molecule has 104 valence electrons. The van der Waals surface area contributed by atoms with Crippen molar-refractivity contribution < 1.29 is 9.90 Å². The number of rotatable bonds is 4. The van der Waals surface area contributed by atoms with Crippen molar-refractivity contribution >= 4 is 23.2 Å². The van der Waals surface area contributed by atoms with E-state index in [2.05, 4.69) is 5.32 Å². The van der Waals surface area contributed by atoms with Gasteiger partial charge in [-0.15, -0.1) is 0 Å². The molecule has 0 saturated heterocycles.